The average molecular weight is 389 g/mol. The largest absolute Gasteiger partial charge is 0.483 e. The molecule has 142 valence electrons. The molecule has 0 spiro atoms. The molecule has 0 amide bonds. The molecule has 0 bridgehead atoms. The second-order valence-electron chi connectivity index (χ2n) is 5.75. The van der Waals surface area contributed by atoms with Gasteiger partial charge in [-0.3, -0.25) is 9.88 Å². The first-order chi connectivity index (χ1) is 12.3. The first-order valence-corrected chi connectivity index (χ1v) is 8.29. The SMILES string of the molecule is C=C/C(OCC(F)(F)F)=C(Cl)\C=C\CN1COCc2ccnc(C)c2C1. The Morgan fingerprint density at radius 3 is 2.96 bits per heavy atom. The number of fused-ring (bicyclic) bond motifs is 1. The summed E-state index contributed by atoms with van der Waals surface area (Å²) >= 11 is 6.00. The lowest BCUT2D eigenvalue weighted by molar-refractivity contribution is -0.163. The van der Waals surface area contributed by atoms with Crippen LogP contribution in [-0.2, 0) is 22.6 Å². The van der Waals surface area contributed by atoms with Crippen molar-refractivity contribution >= 4 is 11.6 Å². The minimum absolute atomic E-state index is 0.0539. The normalized spacial score (nSPS) is 16.8. The van der Waals surface area contributed by atoms with Gasteiger partial charge in [0.15, 0.2) is 6.61 Å². The lowest BCUT2D eigenvalue weighted by Crippen LogP contribution is -2.24. The van der Waals surface area contributed by atoms with Gasteiger partial charge in [0.05, 0.1) is 18.4 Å². The lowest BCUT2D eigenvalue weighted by atomic mass is 10.1. The fraction of sp³-hybridized carbons (Fsp3) is 0.389. The average Bonchev–Trinajstić information content (AvgIpc) is 2.77. The van der Waals surface area contributed by atoms with Gasteiger partial charge in [-0.2, -0.15) is 13.2 Å². The number of ether oxygens (including phenoxy) is 2. The Balaban J connectivity index is 1.99. The molecule has 8 heteroatoms. The molecule has 1 aliphatic rings. The Morgan fingerprint density at radius 2 is 2.27 bits per heavy atom. The van der Waals surface area contributed by atoms with E-state index in [2.05, 4.69) is 16.3 Å². The second-order valence-corrected chi connectivity index (χ2v) is 6.15. The van der Waals surface area contributed by atoms with E-state index in [9.17, 15) is 13.2 Å². The van der Waals surface area contributed by atoms with Gasteiger partial charge in [-0.05, 0) is 36.3 Å². The molecule has 0 aliphatic carbocycles. The maximum Gasteiger partial charge on any atom is 0.422 e. The van der Waals surface area contributed by atoms with Crippen LogP contribution in [0.5, 0.6) is 0 Å². The molecule has 26 heavy (non-hydrogen) atoms. The Labute approximate surface area is 155 Å². The van der Waals surface area contributed by atoms with Crippen LogP contribution in [0.4, 0.5) is 13.2 Å². The van der Waals surface area contributed by atoms with E-state index in [-0.39, 0.29) is 10.8 Å². The van der Waals surface area contributed by atoms with E-state index >= 15 is 0 Å². The summed E-state index contributed by atoms with van der Waals surface area (Å²) in [6.07, 6.45) is 1.71. The molecular weight excluding hydrogens is 369 g/mol. The molecule has 0 aromatic carbocycles. The van der Waals surface area contributed by atoms with E-state index in [1.54, 1.807) is 12.3 Å². The Hall–Kier alpha value is -1.83. The van der Waals surface area contributed by atoms with Crippen LogP contribution in [0.2, 0.25) is 0 Å². The minimum atomic E-state index is -4.43. The zero-order chi connectivity index (χ0) is 19.2. The van der Waals surface area contributed by atoms with Gasteiger partial charge in [0, 0.05) is 25.0 Å². The summed E-state index contributed by atoms with van der Waals surface area (Å²) in [6.45, 7) is 6.08. The Kier molecular flexibility index (Phi) is 7.25. The van der Waals surface area contributed by atoms with Crippen LogP contribution in [0.1, 0.15) is 16.8 Å². The quantitative estimate of drug-likeness (QED) is 0.532. The van der Waals surface area contributed by atoms with Crippen molar-refractivity contribution in [3.8, 4) is 0 Å². The number of aromatic nitrogens is 1. The summed E-state index contributed by atoms with van der Waals surface area (Å²) in [5.41, 5.74) is 3.19. The van der Waals surface area contributed by atoms with Gasteiger partial charge < -0.3 is 9.47 Å². The van der Waals surface area contributed by atoms with Gasteiger partial charge >= 0.3 is 6.18 Å². The fourth-order valence-electron chi connectivity index (χ4n) is 2.44. The molecule has 2 rings (SSSR count). The van der Waals surface area contributed by atoms with Crippen molar-refractivity contribution < 1.29 is 22.6 Å². The standard InChI is InChI=1S/C18H20ClF3N2O2/c1-3-17(26-11-18(20,21)22)16(19)5-4-8-24-9-15-13(2)23-7-6-14(15)10-25-12-24/h3-7H,1,8-12H2,2H3/b5-4+,17-16-. The van der Waals surface area contributed by atoms with Crippen molar-refractivity contribution in [2.24, 2.45) is 0 Å². The molecule has 0 saturated carbocycles. The molecule has 0 atom stereocenters. The number of alkyl halides is 3. The summed E-state index contributed by atoms with van der Waals surface area (Å²) in [5.74, 6) is -0.113. The molecular formula is C18H20ClF3N2O2. The third-order valence-electron chi connectivity index (χ3n) is 3.72. The Morgan fingerprint density at radius 1 is 1.50 bits per heavy atom. The van der Waals surface area contributed by atoms with Gasteiger partial charge in [-0.1, -0.05) is 24.3 Å². The summed E-state index contributed by atoms with van der Waals surface area (Å²) in [4.78, 5) is 6.34. The molecule has 2 heterocycles. The van der Waals surface area contributed by atoms with Gasteiger partial charge in [0.1, 0.15) is 5.76 Å². The predicted molar refractivity (Wildman–Crippen MR) is 93.3 cm³/mol. The highest BCUT2D eigenvalue weighted by atomic mass is 35.5. The van der Waals surface area contributed by atoms with Crippen LogP contribution in [-0.4, -0.2) is 35.9 Å². The zero-order valence-electron chi connectivity index (χ0n) is 14.4. The van der Waals surface area contributed by atoms with Crippen LogP contribution < -0.4 is 0 Å². The van der Waals surface area contributed by atoms with E-state index in [4.69, 9.17) is 16.3 Å². The number of rotatable bonds is 6. The highest BCUT2D eigenvalue weighted by Crippen LogP contribution is 2.21. The minimum Gasteiger partial charge on any atom is -0.483 e. The van der Waals surface area contributed by atoms with Crippen molar-refractivity contribution in [1.29, 1.82) is 0 Å². The van der Waals surface area contributed by atoms with E-state index < -0.39 is 12.8 Å². The topological polar surface area (TPSA) is 34.6 Å². The van der Waals surface area contributed by atoms with Crippen molar-refractivity contribution in [1.82, 2.24) is 9.88 Å². The van der Waals surface area contributed by atoms with Crippen LogP contribution in [0.15, 0.2) is 47.9 Å². The van der Waals surface area contributed by atoms with Crippen molar-refractivity contribution in [3.05, 3.63) is 64.7 Å². The molecule has 1 aromatic heterocycles. The van der Waals surface area contributed by atoms with Crippen molar-refractivity contribution in [2.45, 2.75) is 26.3 Å². The molecule has 0 saturated heterocycles. The highest BCUT2D eigenvalue weighted by Gasteiger charge is 2.28. The van der Waals surface area contributed by atoms with Gasteiger partial charge in [-0.15, -0.1) is 0 Å². The fourth-order valence-corrected chi connectivity index (χ4v) is 2.67. The number of pyridine rings is 1. The number of allylic oxidation sites excluding steroid dienone is 3. The van der Waals surface area contributed by atoms with Gasteiger partial charge in [0.2, 0.25) is 0 Å². The molecule has 1 aliphatic heterocycles. The second kappa shape index (κ2) is 9.21. The van der Waals surface area contributed by atoms with Crippen LogP contribution in [0.3, 0.4) is 0 Å². The molecule has 0 N–H and O–H groups in total. The number of hydrogen-bond donors (Lipinski definition) is 0. The van der Waals surface area contributed by atoms with E-state index in [0.29, 0.717) is 26.4 Å². The van der Waals surface area contributed by atoms with E-state index in [0.717, 1.165) is 22.9 Å². The van der Waals surface area contributed by atoms with Crippen molar-refractivity contribution in [2.75, 3.05) is 19.9 Å². The number of halogens is 4. The number of aryl methyl sites for hydroxylation is 1. The van der Waals surface area contributed by atoms with Crippen LogP contribution in [0, 0.1) is 6.92 Å². The first kappa shape index (κ1) is 20.5. The third-order valence-corrected chi connectivity index (χ3v) is 4.03. The zero-order valence-corrected chi connectivity index (χ0v) is 15.1. The summed E-state index contributed by atoms with van der Waals surface area (Å²) in [6, 6.07) is 1.94. The highest BCUT2D eigenvalue weighted by molar-refractivity contribution is 6.31. The molecule has 0 fully saturated rings. The predicted octanol–water partition coefficient (Wildman–Crippen LogP) is 4.45. The van der Waals surface area contributed by atoms with Crippen LogP contribution >= 0.6 is 11.6 Å². The number of hydrogen-bond acceptors (Lipinski definition) is 4. The molecule has 0 unspecified atom stereocenters. The number of nitrogens with zero attached hydrogens (tertiary/aromatic N) is 2. The lowest BCUT2D eigenvalue weighted by Gasteiger charge is -2.18. The molecule has 1 aromatic rings. The summed E-state index contributed by atoms with van der Waals surface area (Å²) < 4.78 is 47.0. The molecule has 4 nitrogen and oxygen atoms in total. The monoisotopic (exact) mass is 388 g/mol. The molecule has 0 radical (unpaired) electrons. The van der Waals surface area contributed by atoms with Gasteiger partial charge in [-0.25, -0.2) is 0 Å². The summed E-state index contributed by atoms with van der Waals surface area (Å²) in [5, 5.41) is 0.0539. The van der Waals surface area contributed by atoms with Crippen LogP contribution in [0.25, 0.3) is 0 Å². The Bertz CT molecular complexity index is 702. The van der Waals surface area contributed by atoms with E-state index in [1.165, 1.54) is 6.08 Å². The summed E-state index contributed by atoms with van der Waals surface area (Å²) in [7, 11) is 0. The third kappa shape index (κ3) is 6.16. The smallest absolute Gasteiger partial charge is 0.422 e. The van der Waals surface area contributed by atoms with Crippen molar-refractivity contribution in [3.63, 3.8) is 0 Å². The maximum absolute atomic E-state index is 12.2. The first-order valence-electron chi connectivity index (χ1n) is 7.92. The van der Waals surface area contributed by atoms with Gasteiger partial charge in [0.25, 0.3) is 0 Å². The van der Waals surface area contributed by atoms with E-state index in [1.807, 2.05) is 17.9 Å². The maximum atomic E-state index is 12.2.